The Balaban J connectivity index is 1.44. The molecular weight excluding hydrogens is 419 g/mol. The first-order valence-corrected chi connectivity index (χ1v) is 10.2. The van der Waals surface area contributed by atoms with E-state index in [-0.39, 0.29) is 24.7 Å². The lowest BCUT2D eigenvalue weighted by atomic mass is 10.1. The average Bonchev–Trinajstić information content (AvgIpc) is 2.97. The lowest BCUT2D eigenvalue weighted by Gasteiger charge is -2.20. The molecule has 0 fully saturated rings. The molecule has 0 aliphatic carbocycles. The van der Waals surface area contributed by atoms with Gasteiger partial charge in [0.2, 0.25) is 5.91 Å². The molecule has 32 heavy (non-hydrogen) atoms. The number of anilines is 1. The summed E-state index contributed by atoms with van der Waals surface area (Å²) in [7, 11) is 0. The van der Waals surface area contributed by atoms with Crippen LogP contribution in [0.5, 0.6) is 11.5 Å². The van der Waals surface area contributed by atoms with E-state index in [2.05, 4.69) is 10.3 Å². The summed E-state index contributed by atoms with van der Waals surface area (Å²) >= 11 is 0. The summed E-state index contributed by atoms with van der Waals surface area (Å²) in [6.45, 7) is 2.89. The predicted molar refractivity (Wildman–Crippen MR) is 115 cm³/mol. The summed E-state index contributed by atoms with van der Waals surface area (Å²) in [6, 6.07) is 17.3. The predicted octanol–water partition coefficient (Wildman–Crippen LogP) is 5.20. The van der Waals surface area contributed by atoms with E-state index < -0.39 is 11.9 Å². The molecule has 0 saturated carbocycles. The number of alkyl halides is 3. The normalized spacial score (nSPS) is 13.7. The van der Waals surface area contributed by atoms with Crippen LogP contribution in [0.2, 0.25) is 0 Å². The summed E-state index contributed by atoms with van der Waals surface area (Å²) in [5.74, 6) is 1.39. The minimum Gasteiger partial charge on any atom is -0.457 e. The maximum absolute atomic E-state index is 12.9. The maximum atomic E-state index is 12.9. The number of carbonyl (C=O) groups is 1. The quantitative estimate of drug-likeness (QED) is 0.605. The molecule has 1 aliphatic heterocycles. The molecule has 2 aromatic carbocycles. The largest absolute Gasteiger partial charge is 0.457 e. The van der Waals surface area contributed by atoms with Crippen LogP contribution in [0.1, 0.15) is 22.4 Å². The number of amides is 1. The average molecular weight is 441 g/mol. The molecule has 0 saturated heterocycles. The van der Waals surface area contributed by atoms with Gasteiger partial charge in [-0.25, -0.2) is 4.98 Å². The molecular formula is C24H22F3N3O2. The standard InChI is InChI=1S/C24H22F3N3O2/c1-16-5-8-19(9-6-16)32-20-4-2-3-17(13-20)14-22(31)30-12-11-28-23-18(15-30)7-10-21(29-23)24(25,26)27/h2-10,13H,11-12,14-15H2,1H3,(H,28,29). The first-order valence-electron chi connectivity index (χ1n) is 10.2. The van der Waals surface area contributed by atoms with Crippen molar-refractivity contribution in [2.45, 2.75) is 26.1 Å². The first kappa shape index (κ1) is 21.7. The topological polar surface area (TPSA) is 54.5 Å². The smallest absolute Gasteiger partial charge is 0.433 e. The van der Waals surface area contributed by atoms with E-state index in [1.54, 1.807) is 4.90 Å². The Morgan fingerprint density at radius 3 is 2.62 bits per heavy atom. The summed E-state index contributed by atoms with van der Waals surface area (Å²) in [6.07, 6.45) is -4.35. The maximum Gasteiger partial charge on any atom is 0.433 e. The number of nitrogens with zero attached hydrogens (tertiary/aromatic N) is 2. The van der Waals surface area contributed by atoms with Crippen LogP contribution in [0.3, 0.4) is 0 Å². The van der Waals surface area contributed by atoms with E-state index in [0.29, 0.717) is 30.2 Å². The first-order chi connectivity index (χ1) is 15.3. The number of nitrogens with one attached hydrogen (secondary N) is 1. The van der Waals surface area contributed by atoms with Crippen molar-refractivity contribution in [2.75, 3.05) is 18.4 Å². The molecule has 0 radical (unpaired) electrons. The highest BCUT2D eigenvalue weighted by Crippen LogP contribution is 2.30. The van der Waals surface area contributed by atoms with E-state index in [1.165, 1.54) is 6.07 Å². The highest BCUT2D eigenvalue weighted by molar-refractivity contribution is 5.79. The number of fused-ring (bicyclic) bond motifs is 1. The van der Waals surface area contributed by atoms with Crippen LogP contribution in [0.4, 0.5) is 19.0 Å². The highest BCUT2D eigenvalue weighted by atomic mass is 19.4. The minimum atomic E-state index is -4.51. The molecule has 4 rings (SSSR count). The Morgan fingerprint density at radius 2 is 1.88 bits per heavy atom. The fourth-order valence-corrected chi connectivity index (χ4v) is 3.48. The van der Waals surface area contributed by atoms with Crippen LogP contribution >= 0.6 is 0 Å². The van der Waals surface area contributed by atoms with Crippen LogP contribution in [0.15, 0.2) is 60.7 Å². The van der Waals surface area contributed by atoms with E-state index >= 15 is 0 Å². The van der Waals surface area contributed by atoms with Crippen LogP contribution < -0.4 is 10.1 Å². The third kappa shape index (κ3) is 5.19. The zero-order valence-corrected chi connectivity index (χ0v) is 17.4. The molecule has 5 nitrogen and oxygen atoms in total. The number of rotatable bonds is 4. The summed E-state index contributed by atoms with van der Waals surface area (Å²) < 4.78 is 44.7. The van der Waals surface area contributed by atoms with Crippen molar-refractivity contribution in [3.05, 3.63) is 83.0 Å². The van der Waals surface area contributed by atoms with Gasteiger partial charge < -0.3 is 15.0 Å². The van der Waals surface area contributed by atoms with Crippen LogP contribution in [0.25, 0.3) is 0 Å². The highest BCUT2D eigenvalue weighted by Gasteiger charge is 2.33. The Morgan fingerprint density at radius 1 is 1.09 bits per heavy atom. The van der Waals surface area contributed by atoms with Gasteiger partial charge in [-0.1, -0.05) is 35.9 Å². The number of aromatic nitrogens is 1. The van der Waals surface area contributed by atoms with Gasteiger partial charge in [0, 0.05) is 25.2 Å². The van der Waals surface area contributed by atoms with E-state index in [1.807, 2.05) is 55.5 Å². The number of halogens is 3. The molecule has 1 aliphatic rings. The number of aryl methyl sites for hydroxylation is 1. The fourth-order valence-electron chi connectivity index (χ4n) is 3.48. The fraction of sp³-hybridized carbons (Fsp3) is 0.250. The number of pyridine rings is 1. The van der Waals surface area contributed by atoms with Crippen molar-refractivity contribution in [1.82, 2.24) is 9.88 Å². The second kappa shape index (κ2) is 8.90. The number of hydrogen-bond donors (Lipinski definition) is 1. The van der Waals surface area contributed by atoms with Crippen molar-refractivity contribution in [1.29, 1.82) is 0 Å². The second-order valence-electron chi connectivity index (χ2n) is 7.68. The molecule has 2 heterocycles. The molecule has 8 heteroatoms. The Bertz CT molecular complexity index is 1110. The molecule has 1 aromatic heterocycles. The molecule has 1 amide bonds. The van der Waals surface area contributed by atoms with Crippen molar-refractivity contribution in [3.8, 4) is 11.5 Å². The van der Waals surface area contributed by atoms with Crippen molar-refractivity contribution < 1.29 is 22.7 Å². The Kier molecular flexibility index (Phi) is 6.03. The molecule has 0 bridgehead atoms. The van der Waals surface area contributed by atoms with Crippen molar-refractivity contribution >= 4 is 11.7 Å². The number of benzene rings is 2. The van der Waals surface area contributed by atoms with Gasteiger partial charge in [-0.2, -0.15) is 13.2 Å². The molecule has 1 N–H and O–H groups in total. The minimum absolute atomic E-state index is 0.118. The molecule has 0 unspecified atom stereocenters. The summed E-state index contributed by atoms with van der Waals surface area (Å²) in [4.78, 5) is 18.2. The van der Waals surface area contributed by atoms with Gasteiger partial charge in [-0.3, -0.25) is 4.79 Å². The summed E-state index contributed by atoms with van der Waals surface area (Å²) in [5.41, 5.74) is 1.53. The van der Waals surface area contributed by atoms with Crippen LogP contribution in [0, 0.1) is 6.92 Å². The van der Waals surface area contributed by atoms with Crippen molar-refractivity contribution in [3.63, 3.8) is 0 Å². The van der Waals surface area contributed by atoms with Crippen molar-refractivity contribution in [2.24, 2.45) is 0 Å². The monoisotopic (exact) mass is 441 g/mol. The van der Waals surface area contributed by atoms with Gasteiger partial charge in [0.15, 0.2) is 0 Å². The SMILES string of the molecule is Cc1ccc(Oc2cccc(CC(=O)N3CCNc4nc(C(F)(F)F)ccc4C3)c2)cc1. The van der Waals surface area contributed by atoms with E-state index in [4.69, 9.17) is 4.74 Å². The Labute approximate surface area is 183 Å². The van der Waals surface area contributed by atoms with Gasteiger partial charge in [0.05, 0.1) is 6.42 Å². The van der Waals surface area contributed by atoms with Crippen LogP contribution in [-0.4, -0.2) is 28.9 Å². The second-order valence-corrected chi connectivity index (χ2v) is 7.68. The van der Waals surface area contributed by atoms with Crippen LogP contribution in [-0.2, 0) is 23.9 Å². The van der Waals surface area contributed by atoms with Gasteiger partial charge >= 0.3 is 6.18 Å². The third-order valence-electron chi connectivity index (χ3n) is 5.17. The number of hydrogen-bond acceptors (Lipinski definition) is 4. The molecule has 3 aromatic rings. The summed E-state index contributed by atoms with van der Waals surface area (Å²) in [5, 5.41) is 2.90. The number of carbonyl (C=O) groups excluding carboxylic acids is 1. The molecule has 166 valence electrons. The zero-order valence-electron chi connectivity index (χ0n) is 17.4. The Hall–Kier alpha value is -3.55. The zero-order chi connectivity index (χ0) is 22.7. The molecule has 0 spiro atoms. The lowest BCUT2D eigenvalue weighted by Crippen LogP contribution is -2.33. The number of ether oxygens (including phenoxy) is 1. The lowest BCUT2D eigenvalue weighted by molar-refractivity contribution is -0.141. The van der Waals surface area contributed by atoms with E-state index in [9.17, 15) is 18.0 Å². The van der Waals surface area contributed by atoms with Gasteiger partial charge in [-0.05, 0) is 42.8 Å². The van der Waals surface area contributed by atoms with Gasteiger partial charge in [0.1, 0.15) is 23.0 Å². The van der Waals surface area contributed by atoms with Gasteiger partial charge in [-0.15, -0.1) is 0 Å². The van der Waals surface area contributed by atoms with E-state index in [0.717, 1.165) is 17.2 Å². The molecule has 0 atom stereocenters. The third-order valence-corrected chi connectivity index (χ3v) is 5.17. The van der Waals surface area contributed by atoms with Gasteiger partial charge in [0.25, 0.3) is 0 Å².